The SMILES string of the molecule is CC(Oc1ccc(C#N)c(F)c1)C(=O)NC(N)=O. The number of nitrogens with one attached hydrogen (secondary N) is 1. The molecule has 0 radical (unpaired) electrons. The van der Waals surface area contributed by atoms with Crippen LogP contribution in [0.2, 0.25) is 0 Å². The van der Waals surface area contributed by atoms with Gasteiger partial charge in [-0.05, 0) is 19.1 Å². The van der Waals surface area contributed by atoms with Crippen LogP contribution >= 0.6 is 0 Å². The first-order valence-electron chi connectivity index (χ1n) is 4.90. The minimum Gasteiger partial charge on any atom is -0.481 e. The lowest BCUT2D eigenvalue weighted by atomic mass is 10.2. The van der Waals surface area contributed by atoms with Crippen LogP contribution in [0.5, 0.6) is 5.75 Å². The molecule has 0 spiro atoms. The van der Waals surface area contributed by atoms with Crippen molar-refractivity contribution in [3.8, 4) is 11.8 Å². The van der Waals surface area contributed by atoms with E-state index in [0.717, 1.165) is 6.07 Å². The second kappa shape index (κ2) is 5.63. The summed E-state index contributed by atoms with van der Waals surface area (Å²) < 4.78 is 18.3. The average molecular weight is 251 g/mol. The summed E-state index contributed by atoms with van der Waals surface area (Å²) in [6.45, 7) is 1.37. The molecule has 0 aromatic heterocycles. The highest BCUT2D eigenvalue weighted by atomic mass is 19.1. The van der Waals surface area contributed by atoms with Gasteiger partial charge in [-0.25, -0.2) is 9.18 Å². The third kappa shape index (κ3) is 3.45. The molecule has 0 aliphatic carbocycles. The van der Waals surface area contributed by atoms with Gasteiger partial charge in [-0.15, -0.1) is 0 Å². The van der Waals surface area contributed by atoms with Gasteiger partial charge in [-0.1, -0.05) is 0 Å². The maximum Gasteiger partial charge on any atom is 0.318 e. The Bertz CT molecular complexity index is 525. The zero-order chi connectivity index (χ0) is 13.7. The van der Waals surface area contributed by atoms with Crippen molar-refractivity contribution in [2.75, 3.05) is 0 Å². The monoisotopic (exact) mass is 251 g/mol. The summed E-state index contributed by atoms with van der Waals surface area (Å²) in [6.07, 6.45) is -1.02. The molecule has 6 nitrogen and oxygen atoms in total. The highest BCUT2D eigenvalue weighted by Gasteiger charge is 2.16. The number of ether oxygens (including phenoxy) is 1. The molecule has 0 saturated carbocycles. The van der Waals surface area contributed by atoms with E-state index in [2.05, 4.69) is 0 Å². The number of amides is 3. The quantitative estimate of drug-likeness (QED) is 0.823. The number of nitriles is 1. The Balaban J connectivity index is 2.74. The fraction of sp³-hybridized carbons (Fsp3) is 0.182. The summed E-state index contributed by atoms with van der Waals surface area (Å²) in [7, 11) is 0. The van der Waals surface area contributed by atoms with Crippen LogP contribution in [-0.4, -0.2) is 18.0 Å². The van der Waals surface area contributed by atoms with Crippen molar-refractivity contribution in [2.45, 2.75) is 13.0 Å². The normalized spacial score (nSPS) is 11.2. The lowest BCUT2D eigenvalue weighted by Gasteiger charge is -2.13. The maximum atomic E-state index is 13.2. The van der Waals surface area contributed by atoms with E-state index in [-0.39, 0.29) is 11.3 Å². The first-order valence-corrected chi connectivity index (χ1v) is 4.90. The first kappa shape index (κ1) is 13.4. The molecule has 0 saturated heterocycles. The van der Waals surface area contributed by atoms with Gasteiger partial charge < -0.3 is 10.5 Å². The van der Waals surface area contributed by atoms with Crippen LogP contribution in [0.1, 0.15) is 12.5 Å². The molecule has 3 amide bonds. The molecule has 3 N–H and O–H groups in total. The van der Waals surface area contributed by atoms with Crippen molar-refractivity contribution >= 4 is 11.9 Å². The minimum atomic E-state index is -1.02. The van der Waals surface area contributed by atoms with Crippen LogP contribution in [0, 0.1) is 17.1 Å². The molecule has 1 atom stereocenters. The van der Waals surface area contributed by atoms with E-state index >= 15 is 0 Å². The molecule has 0 heterocycles. The van der Waals surface area contributed by atoms with Crippen LogP contribution in [0.25, 0.3) is 0 Å². The van der Waals surface area contributed by atoms with Gasteiger partial charge >= 0.3 is 6.03 Å². The number of hydrogen-bond acceptors (Lipinski definition) is 4. The average Bonchev–Trinajstić information content (AvgIpc) is 2.28. The molecule has 1 aromatic rings. The molecule has 0 aliphatic heterocycles. The predicted molar refractivity (Wildman–Crippen MR) is 58.9 cm³/mol. The summed E-state index contributed by atoms with van der Waals surface area (Å²) in [5, 5.41) is 10.4. The van der Waals surface area contributed by atoms with Crippen LogP contribution in [0.15, 0.2) is 18.2 Å². The molecule has 0 fully saturated rings. The minimum absolute atomic E-state index is 0.0682. The molecular weight excluding hydrogens is 241 g/mol. The summed E-state index contributed by atoms with van der Waals surface area (Å²) in [5.74, 6) is -1.43. The summed E-state index contributed by atoms with van der Waals surface area (Å²) in [4.78, 5) is 21.7. The van der Waals surface area contributed by atoms with Crippen molar-refractivity contribution in [1.29, 1.82) is 5.26 Å². The summed E-state index contributed by atoms with van der Waals surface area (Å²) in [5.41, 5.74) is 4.64. The van der Waals surface area contributed by atoms with Crippen molar-refractivity contribution in [2.24, 2.45) is 5.73 Å². The standard InChI is InChI=1S/C11H10FN3O3/c1-6(10(16)15-11(14)17)18-8-3-2-7(5-13)9(12)4-8/h2-4,6H,1H3,(H3,14,15,16,17). The van der Waals surface area contributed by atoms with Gasteiger partial charge in [0.05, 0.1) is 5.56 Å². The zero-order valence-electron chi connectivity index (χ0n) is 9.44. The van der Waals surface area contributed by atoms with Gasteiger partial charge in [0.2, 0.25) is 0 Å². The number of imide groups is 1. The second-order valence-electron chi connectivity index (χ2n) is 3.37. The zero-order valence-corrected chi connectivity index (χ0v) is 9.44. The number of carbonyl (C=O) groups excluding carboxylic acids is 2. The van der Waals surface area contributed by atoms with Crippen molar-refractivity contribution < 1.29 is 18.7 Å². The first-order chi connectivity index (χ1) is 8.43. The van der Waals surface area contributed by atoms with Gasteiger partial charge in [0, 0.05) is 6.07 Å². The molecule has 1 rings (SSSR count). The lowest BCUT2D eigenvalue weighted by Crippen LogP contribution is -2.42. The van der Waals surface area contributed by atoms with E-state index in [9.17, 15) is 14.0 Å². The summed E-state index contributed by atoms with van der Waals surface area (Å²) in [6, 6.07) is 4.20. The fourth-order valence-electron chi connectivity index (χ4n) is 1.14. The van der Waals surface area contributed by atoms with Gasteiger partial charge in [0.25, 0.3) is 5.91 Å². The Hall–Kier alpha value is -2.62. The molecule has 18 heavy (non-hydrogen) atoms. The number of nitrogens with two attached hydrogens (primary N) is 1. The largest absolute Gasteiger partial charge is 0.481 e. The van der Waals surface area contributed by atoms with E-state index in [4.69, 9.17) is 15.7 Å². The van der Waals surface area contributed by atoms with E-state index in [1.807, 2.05) is 5.32 Å². The molecule has 94 valence electrons. The number of rotatable bonds is 3. The van der Waals surface area contributed by atoms with Crippen molar-refractivity contribution in [1.82, 2.24) is 5.32 Å². The Morgan fingerprint density at radius 1 is 1.56 bits per heavy atom. The number of carbonyl (C=O) groups is 2. The van der Waals surface area contributed by atoms with Crippen LogP contribution < -0.4 is 15.8 Å². The van der Waals surface area contributed by atoms with Crippen LogP contribution in [0.4, 0.5) is 9.18 Å². The van der Waals surface area contributed by atoms with Crippen molar-refractivity contribution in [3.05, 3.63) is 29.6 Å². The summed E-state index contributed by atoms with van der Waals surface area (Å²) >= 11 is 0. The van der Waals surface area contributed by atoms with E-state index < -0.39 is 23.9 Å². The highest BCUT2D eigenvalue weighted by Crippen LogP contribution is 2.17. The molecular formula is C11H10FN3O3. The van der Waals surface area contributed by atoms with Gasteiger partial charge in [0.15, 0.2) is 6.10 Å². The number of halogens is 1. The van der Waals surface area contributed by atoms with Crippen molar-refractivity contribution in [3.63, 3.8) is 0 Å². The molecule has 7 heteroatoms. The lowest BCUT2D eigenvalue weighted by molar-refractivity contribution is -0.126. The smallest absolute Gasteiger partial charge is 0.318 e. The predicted octanol–water partition coefficient (Wildman–Crippen LogP) is 0.660. The fourth-order valence-corrected chi connectivity index (χ4v) is 1.14. The highest BCUT2D eigenvalue weighted by molar-refractivity contribution is 5.95. The van der Waals surface area contributed by atoms with Crippen LogP contribution in [-0.2, 0) is 4.79 Å². The second-order valence-corrected chi connectivity index (χ2v) is 3.37. The van der Waals surface area contributed by atoms with Gasteiger partial charge in [0.1, 0.15) is 17.6 Å². The Kier molecular flexibility index (Phi) is 4.21. The van der Waals surface area contributed by atoms with Gasteiger partial charge in [-0.3, -0.25) is 10.1 Å². The topological polar surface area (TPSA) is 105 Å². The van der Waals surface area contributed by atoms with E-state index in [1.54, 1.807) is 6.07 Å². The maximum absolute atomic E-state index is 13.2. The number of nitrogens with zero attached hydrogens (tertiary/aromatic N) is 1. The molecule has 0 aliphatic rings. The Morgan fingerprint density at radius 3 is 2.72 bits per heavy atom. The Morgan fingerprint density at radius 2 is 2.22 bits per heavy atom. The number of hydrogen-bond donors (Lipinski definition) is 2. The molecule has 1 unspecified atom stereocenters. The third-order valence-corrected chi connectivity index (χ3v) is 1.99. The number of urea groups is 1. The Labute approximate surface area is 102 Å². The molecule has 1 aromatic carbocycles. The van der Waals surface area contributed by atoms with E-state index in [0.29, 0.717) is 0 Å². The number of benzene rings is 1. The third-order valence-electron chi connectivity index (χ3n) is 1.99. The van der Waals surface area contributed by atoms with E-state index in [1.165, 1.54) is 19.1 Å². The van der Waals surface area contributed by atoms with Crippen LogP contribution in [0.3, 0.4) is 0 Å². The molecule has 0 bridgehead atoms. The number of primary amides is 1. The van der Waals surface area contributed by atoms with Gasteiger partial charge in [-0.2, -0.15) is 5.26 Å².